The number of hydrogen-bond donors (Lipinski definition) is 4. The second-order valence-corrected chi connectivity index (χ2v) is 6.85. The molecule has 8 bridgehead atoms. The first-order valence-electron chi connectivity index (χ1n) is 8.80. The molecule has 0 aliphatic carbocycles. The minimum atomic E-state index is 1.08. The Morgan fingerprint density at radius 2 is 0.962 bits per heavy atom. The highest BCUT2D eigenvalue weighted by molar-refractivity contribution is 5.64. The van der Waals surface area contributed by atoms with Gasteiger partial charge in [-0.05, 0) is 85.7 Å². The quantitative estimate of drug-likeness (QED) is 0.374. The lowest BCUT2D eigenvalue weighted by Gasteiger charge is -1.97. The van der Waals surface area contributed by atoms with Crippen LogP contribution in [0.3, 0.4) is 0 Å². The summed E-state index contributed by atoms with van der Waals surface area (Å²) in [6, 6.07) is 17.0. The van der Waals surface area contributed by atoms with Crippen molar-refractivity contribution in [3.05, 3.63) is 92.7 Å². The van der Waals surface area contributed by atoms with Crippen molar-refractivity contribution in [1.29, 1.82) is 0 Å². The van der Waals surface area contributed by atoms with Crippen LogP contribution < -0.4 is 21.4 Å². The summed E-state index contributed by atoms with van der Waals surface area (Å²) in [5.41, 5.74) is 6.79. The molecule has 128 valence electrons. The summed E-state index contributed by atoms with van der Waals surface area (Å²) in [7, 11) is 0. The summed E-state index contributed by atoms with van der Waals surface area (Å²) in [5.74, 6) is 0. The van der Waals surface area contributed by atoms with Crippen LogP contribution in [0, 0.1) is 0 Å². The Morgan fingerprint density at radius 3 is 1.42 bits per heavy atom. The van der Waals surface area contributed by atoms with Gasteiger partial charge in [-0.2, -0.15) is 0 Å². The highest BCUT2D eigenvalue weighted by Gasteiger charge is 2.04. The van der Waals surface area contributed by atoms with E-state index in [0.29, 0.717) is 0 Å². The smallest absolute Gasteiger partial charge is 0.0435 e. The monoisotopic (exact) mass is 340 g/mol. The summed E-state index contributed by atoms with van der Waals surface area (Å²) >= 11 is 0. The molecule has 5 rings (SSSR count). The number of aromatic nitrogens is 4. The molecule has 4 N–H and O–H groups in total. The molecule has 4 aromatic rings. The molecule has 0 unspecified atom stereocenters. The van der Waals surface area contributed by atoms with Crippen molar-refractivity contribution in [2.24, 2.45) is 0 Å². The fourth-order valence-corrected chi connectivity index (χ4v) is 3.48. The Bertz CT molecular complexity index is 1250. The second kappa shape index (κ2) is 5.56. The van der Waals surface area contributed by atoms with Gasteiger partial charge in [0.15, 0.2) is 0 Å². The van der Waals surface area contributed by atoms with Crippen LogP contribution >= 0.6 is 0 Å². The zero-order valence-corrected chi connectivity index (χ0v) is 14.8. The SMILES string of the molecule is CC1=c2ccc([nH]2)=Cc2ccc([nH]2)C(C)=c2ccc([nH]2)=Cc2ccc1[nH]2. The lowest BCUT2D eigenvalue weighted by atomic mass is 10.2. The zero-order chi connectivity index (χ0) is 17.7. The molecule has 0 atom stereocenters. The molecule has 0 saturated heterocycles. The molecule has 4 heteroatoms. The highest BCUT2D eigenvalue weighted by Crippen LogP contribution is 2.12. The predicted molar refractivity (Wildman–Crippen MR) is 105 cm³/mol. The Hall–Kier alpha value is -3.40. The summed E-state index contributed by atoms with van der Waals surface area (Å²) in [4.78, 5) is 14.0. The van der Waals surface area contributed by atoms with Crippen molar-refractivity contribution in [3.63, 3.8) is 0 Å². The van der Waals surface area contributed by atoms with Crippen LogP contribution in [0.4, 0.5) is 0 Å². The van der Waals surface area contributed by atoms with Crippen molar-refractivity contribution < 1.29 is 0 Å². The van der Waals surface area contributed by atoms with Crippen molar-refractivity contribution >= 4 is 23.3 Å². The van der Waals surface area contributed by atoms with E-state index in [9.17, 15) is 0 Å². The minimum Gasteiger partial charge on any atom is -0.355 e. The molecule has 0 spiro atoms. The van der Waals surface area contributed by atoms with Crippen LogP contribution in [-0.4, -0.2) is 19.9 Å². The van der Waals surface area contributed by atoms with E-state index in [-0.39, 0.29) is 0 Å². The molecule has 4 aromatic heterocycles. The fraction of sp³-hybridized carbons (Fsp3) is 0.0909. The van der Waals surface area contributed by atoms with E-state index in [1.54, 1.807) is 0 Å². The van der Waals surface area contributed by atoms with E-state index in [0.717, 1.165) is 44.2 Å². The third-order valence-corrected chi connectivity index (χ3v) is 5.07. The van der Waals surface area contributed by atoms with Gasteiger partial charge >= 0.3 is 0 Å². The van der Waals surface area contributed by atoms with E-state index < -0.39 is 0 Å². The van der Waals surface area contributed by atoms with E-state index in [4.69, 9.17) is 0 Å². The van der Waals surface area contributed by atoms with Gasteiger partial charge in [0.1, 0.15) is 0 Å². The van der Waals surface area contributed by atoms with Crippen LogP contribution in [0.5, 0.6) is 0 Å². The van der Waals surface area contributed by atoms with Crippen molar-refractivity contribution in [2.45, 2.75) is 13.8 Å². The molecule has 1 aliphatic rings. The number of aromatic amines is 4. The highest BCUT2D eigenvalue weighted by atomic mass is 14.8. The Balaban J connectivity index is 1.85. The van der Waals surface area contributed by atoms with Crippen molar-refractivity contribution in [2.75, 3.05) is 0 Å². The van der Waals surface area contributed by atoms with Gasteiger partial charge in [-0.15, -0.1) is 0 Å². The lowest BCUT2D eigenvalue weighted by molar-refractivity contribution is 1.20. The molecule has 0 fully saturated rings. The van der Waals surface area contributed by atoms with Crippen LogP contribution in [0.15, 0.2) is 48.5 Å². The van der Waals surface area contributed by atoms with Gasteiger partial charge < -0.3 is 19.9 Å². The Kier molecular flexibility index (Phi) is 3.19. The van der Waals surface area contributed by atoms with Gasteiger partial charge in [0.25, 0.3) is 0 Å². The van der Waals surface area contributed by atoms with Crippen LogP contribution in [-0.2, 0) is 0 Å². The maximum absolute atomic E-state index is 3.50. The van der Waals surface area contributed by atoms with Crippen molar-refractivity contribution in [3.8, 4) is 0 Å². The van der Waals surface area contributed by atoms with Crippen molar-refractivity contribution in [1.82, 2.24) is 19.9 Å². The lowest BCUT2D eigenvalue weighted by Crippen LogP contribution is -2.13. The largest absolute Gasteiger partial charge is 0.355 e. The maximum Gasteiger partial charge on any atom is 0.0435 e. The molecular weight excluding hydrogens is 320 g/mol. The Labute approximate surface area is 150 Å². The minimum absolute atomic E-state index is 1.08. The number of fused-ring (bicyclic) bond motifs is 8. The van der Waals surface area contributed by atoms with Gasteiger partial charge in [-0.3, -0.25) is 0 Å². The average Bonchev–Trinajstić information content (AvgIpc) is 3.41. The molecule has 0 radical (unpaired) electrons. The molecule has 4 nitrogen and oxygen atoms in total. The summed E-state index contributed by atoms with van der Waals surface area (Å²) in [6.07, 6.45) is 4.26. The maximum atomic E-state index is 3.50. The fourth-order valence-electron chi connectivity index (χ4n) is 3.48. The molecule has 0 amide bonds. The van der Waals surface area contributed by atoms with E-state index in [2.05, 4.69) is 94.5 Å². The summed E-state index contributed by atoms with van der Waals surface area (Å²) < 4.78 is 0. The van der Waals surface area contributed by atoms with Crippen LogP contribution in [0.2, 0.25) is 0 Å². The van der Waals surface area contributed by atoms with Gasteiger partial charge in [0.2, 0.25) is 0 Å². The van der Waals surface area contributed by atoms with Crippen LogP contribution in [0.1, 0.15) is 36.6 Å². The third kappa shape index (κ3) is 2.47. The van der Waals surface area contributed by atoms with Gasteiger partial charge in [-0.25, -0.2) is 0 Å². The van der Waals surface area contributed by atoms with E-state index in [1.165, 1.54) is 11.1 Å². The molecule has 0 aromatic carbocycles. The Morgan fingerprint density at radius 1 is 0.500 bits per heavy atom. The molecule has 0 saturated carbocycles. The summed E-state index contributed by atoms with van der Waals surface area (Å²) in [5, 5.41) is 4.40. The molecule has 1 aliphatic heterocycles. The first kappa shape index (κ1) is 14.9. The normalized spacial score (nSPS) is 13.5. The average molecular weight is 340 g/mol. The number of H-pyrrole nitrogens is 4. The first-order chi connectivity index (χ1) is 12.7. The van der Waals surface area contributed by atoms with Gasteiger partial charge in [0.05, 0.1) is 0 Å². The van der Waals surface area contributed by atoms with E-state index in [1.807, 2.05) is 0 Å². The number of hydrogen-bond acceptors (Lipinski definition) is 0. The topological polar surface area (TPSA) is 63.2 Å². The predicted octanol–water partition coefficient (Wildman–Crippen LogP) is 1.41. The zero-order valence-electron chi connectivity index (χ0n) is 14.8. The van der Waals surface area contributed by atoms with Gasteiger partial charge in [-0.1, -0.05) is 0 Å². The third-order valence-electron chi connectivity index (χ3n) is 5.07. The number of nitrogens with one attached hydrogen (secondary N) is 4. The second-order valence-electron chi connectivity index (χ2n) is 6.85. The van der Waals surface area contributed by atoms with Crippen LogP contribution in [0.25, 0.3) is 23.3 Å². The standard InChI is InChI=1S/C22H20N4/c1-13-19-7-3-15(23-19)11-17-5-9-21(25-17)14(2)22-10-6-18(26-22)12-16-4-8-20(13)24-16/h3-12,23-26H,1-2H3. The molecule has 5 heterocycles. The number of rotatable bonds is 0. The van der Waals surface area contributed by atoms with Gasteiger partial charge in [0, 0.05) is 44.2 Å². The first-order valence-corrected chi connectivity index (χ1v) is 8.80. The molecular formula is C22H20N4. The summed E-state index contributed by atoms with van der Waals surface area (Å²) in [6.45, 7) is 4.26. The molecule has 26 heavy (non-hydrogen) atoms. The van der Waals surface area contributed by atoms with E-state index >= 15 is 0 Å².